The number of benzene rings is 1. The minimum Gasteiger partial charge on any atom is -0.382 e. The lowest BCUT2D eigenvalue weighted by Gasteiger charge is -2.30. The number of nitrogens with zero attached hydrogens (tertiary/aromatic N) is 1. The number of rotatable bonds is 2. The van der Waals surface area contributed by atoms with E-state index in [0.29, 0.717) is 5.69 Å². The highest BCUT2D eigenvalue weighted by atomic mass is 19.1. The van der Waals surface area contributed by atoms with Crippen LogP contribution in [0.4, 0.5) is 4.39 Å². The Morgan fingerprint density at radius 2 is 2.11 bits per heavy atom. The van der Waals surface area contributed by atoms with Crippen molar-refractivity contribution in [2.45, 2.75) is 25.1 Å². The Morgan fingerprint density at radius 3 is 2.84 bits per heavy atom. The molecule has 3 rings (SSSR count). The van der Waals surface area contributed by atoms with E-state index >= 15 is 0 Å². The van der Waals surface area contributed by atoms with Crippen LogP contribution >= 0.6 is 0 Å². The summed E-state index contributed by atoms with van der Waals surface area (Å²) in [6, 6.07) is 10.6. The first-order valence-electron chi connectivity index (χ1n) is 6.24. The summed E-state index contributed by atoms with van der Waals surface area (Å²) in [7, 11) is 0. The van der Waals surface area contributed by atoms with E-state index in [-0.39, 0.29) is 6.04 Å². The number of nitrogens with one attached hydrogen (secondary N) is 1. The largest absolute Gasteiger partial charge is 0.382 e. The van der Waals surface area contributed by atoms with Crippen molar-refractivity contribution in [2.24, 2.45) is 0 Å². The van der Waals surface area contributed by atoms with Gasteiger partial charge in [-0.1, -0.05) is 24.3 Å². The molecule has 0 spiro atoms. The highest BCUT2D eigenvalue weighted by Crippen LogP contribution is 2.38. The van der Waals surface area contributed by atoms with Gasteiger partial charge in [0, 0.05) is 6.54 Å². The summed E-state index contributed by atoms with van der Waals surface area (Å²) in [4.78, 5) is 4.00. The smallest absolute Gasteiger partial charge is 0.141 e. The van der Waals surface area contributed by atoms with Crippen molar-refractivity contribution in [1.29, 1.82) is 0 Å². The van der Waals surface area contributed by atoms with Crippen molar-refractivity contribution >= 4 is 0 Å². The molecule has 2 heterocycles. The molecule has 1 aliphatic heterocycles. The molecule has 0 amide bonds. The first kappa shape index (κ1) is 12.3. The molecule has 2 unspecified atom stereocenters. The zero-order valence-corrected chi connectivity index (χ0v) is 10.6. The molecule has 4 heteroatoms. The Morgan fingerprint density at radius 1 is 1.32 bits per heavy atom. The molecular weight excluding hydrogens is 243 g/mol. The molecule has 19 heavy (non-hydrogen) atoms. The van der Waals surface area contributed by atoms with Crippen LogP contribution in [-0.4, -0.2) is 10.1 Å². The molecule has 2 aromatic rings. The van der Waals surface area contributed by atoms with Crippen molar-refractivity contribution in [3.05, 3.63) is 65.2 Å². The first-order valence-corrected chi connectivity index (χ1v) is 6.24. The monoisotopic (exact) mass is 258 g/mol. The number of pyridine rings is 1. The maximum Gasteiger partial charge on any atom is 0.141 e. The zero-order chi connectivity index (χ0) is 13.5. The molecule has 0 saturated heterocycles. The number of hydrogen-bond donors (Lipinski definition) is 2. The number of aromatic nitrogens is 1. The lowest BCUT2D eigenvalue weighted by Crippen LogP contribution is -2.36. The van der Waals surface area contributed by atoms with Gasteiger partial charge in [0.25, 0.3) is 0 Å². The fourth-order valence-corrected chi connectivity index (χ4v) is 2.62. The molecule has 2 N–H and O–H groups in total. The van der Waals surface area contributed by atoms with Crippen molar-refractivity contribution in [2.75, 3.05) is 0 Å². The molecule has 2 atom stereocenters. The van der Waals surface area contributed by atoms with Gasteiger partial charge in [-0.25, -0.2) is 4.39 Å². The molecule has 1 aromatic heterocycles. The lowest BCUT2D eigenvalue weighted by atomic mass is 9.87. The van der Waals surface area contributed by atoms with Gasteiger partial charge in [-0.15, -0.1) is 0 Å². The fraction of sp³-hybridized carbons (Fsp3) is 0.267. The van der Waals surface area contributed by atoms with Crippen LogP contribution in [-0.2, 0) is 12.1 Å². The standard InChI is InChI=1S/C15H15FN2O/c1-15(19,13-7-6-11(16)9-17-13)14-12-5-3-2-4-10(12)8-18-14/h2-7,9,14,18-19H,8H2,1H3. The first-order chi connectivity index (χ1) is 9.09. The molecule has 0 bridgehead atoms. The van der Waals surface area contributed by atoms with E-state index in [1.165, 1.54) is 17.7 Å². The highest BCUT2D eigenvalue weighted by Gasteiger charge is 2.39. The third-order valence-corrected chi connectivity index (χ3v) is 3.67. The molecule has 0 saturated carbocycles. The second-order valence-corrected chi connectivity index (χ2v) is 5.02. The third kappa shape index (κ3) is 2.03. The van der Waals surface area contributed by atoms with Gasteiger partial charge in [0.2, 0.25) is 0 Å². The summed E-state index contributed by atoms with van der Waals surface area (Å²) < 4.78 is 12.9. The van der Waals surface area contributed by atoms with E-state index in [1.807, 2.05) is 24.3 Å². The van der Waals surface area contributed by atoms with Crippen LogP contribution < -0.4 is 5.32 Å². The summed E-state index contributed by atoms with van der Waals surface area (Å²) in [6.07, 6.45) is 1.13. The maximum absolute atomic E-state index is 12.9. The minimum absolute atomic E-state index is 0.235. The maximum atomic E-state index is 12.9. The van der Waals surface area contributed by atoms with Gasteiger partial charge in [-0.05, 0) is 30.2 Å². The molecule has 3 nitrogen and oxygen atoms in total. The van der Waals surface area contributed by atoms with Gasteiger partial charge >= 0.3 is 0 Å². The highest BCUT2D eigenvalue weighted by molar-refractivity contribution is 5.37. The Balaban J connectivity index is 2.00. The van der Waals surface area contributed by atoms with E-state index in [1.54, 1.807) is 6.92 Å². The average Bonchev–Trinajstić information content (AvgIpc) is 2.83. The van der Waals surface area contributed by atoms with E-state index in [0.717, 1.165) is 18.3 Å². The molecule has 1 aromatic carbocycles. The Bertz CT molecular complexity index is 595. The summed E-state index contributed by atoms with van der Waals surface area (Å²) in [6.45, 7) is 2.42. The van der Waals surface area contributed by atoms with E-state index in [2.05, 4.69) is 10.3 Å². The summed E-state index contributed by atoms with van der Waals surface area (Å²) in [5.41, 5.74) is 1.52. The summed E-state index contributed by atoms with van der Waals surface area (Å²) in [5, 5.41) is 14.1. The summed E-state index contributed by atoms with van der Waals surface area (Å²) >= 11 is 0. The van der Waals surface area contributed by atoms with Crippen molar-refractivity contribution in [3.63, 3.8) is 0 Å². The van der Waals surface area contributed by atoms with E-state index < -0.39 is 11.4 Å². The molecule has 0 aliphatic carbocycles. The summed E-state index contributed by atoms with van der Waals surface area (Å²) in [5.74, 6) is -0.403. The van der Waals surface area contributed by atoms with Crippen LogP contribution in [0, 0.1) is 5.82 Å². The van der Waals surface area contributed by atoms with Crippen LogP contribution in [0.25, 0.3) is 0 Å². The van der Waals surface area contributed by atoms with E-state index in [4.69, 9.17) is 0 Å². The van der Waals surface area contributed by atoms with E-state index in [9.17, 15) is 9.50 Å². The Hall–Kier alpha value is -1.78. The van der Waals surface area contributed by atoms with Crippen LogP contribution in [0.5, 0.6) is 0 Å². The van der Waals surface area contributed by atoms with Crippen LogP contribution in [0.3, 0.4) is 0 Å². The van der Waals surface area contributed by atoms with Crippen LogP contribution in [0.1, 0.15) is 29.8 Å². The SMILES string of the molecule is CC(O)(c1ccc(F)cn1)C1NCc2ccccc21. The van der Waals surface area contributed by atoms with Gasteiger partial charge in [0.1, 0.15) is 11.4 Å². The van der Waals surface area contributed by atoms with Crippen molar-refractivity contribution in [3.8, 4) is 0 Å². The topological polar surface area (TPSA) is 45.2 Å². The Labute approximate surface area is 111 Å². The number of halogens is 1. The van der Waals surface area contributed by atoms with Gasteiger partial charge in [-0.3, -0.25) is 4.98 Å². The lowest BCUT2D eigenvalue weighted by molar-refractivity contribution is 0.0135. The molecular formula is C15H15FN2O. The second kappa shape index (κ2) is 4.40. The van der Waals surface area contributed by atoms with Gasteiger partial charge < -0.3 is 10.4 Å². The zero-order valence-electron chi connectivity index (χ0n) is 10.6. The average molecular weight is 258 g/mol. The number of aliphatic hydroxyl groups is 1. The van der Waals surface area contributed by atoms with Crippen molar-refractivity contribution in [1.82, 2.24) is 10.3 Å². The van der Waals surface area contributed by atoms with Crippen molar-refractivity contribution < 1.29 is 9.50 Å². The molecule has 1 aliphatic rings. The quantitative estimate of drug-likeness (QED) is 0.868. The van der Waals surface area contributed by atoms with Crippen LogP contribution in [0.15, 0.2) is 42.6 Å². The normalized spacial score (nSPS) is 20.9. The predicted octanol–water partition coefficient (Wildman–Crippen LogP) is 2.27. The predicted molar refractivity (Wildman–Crippen MR) is 69.8 cm³/mol. The van der Waals surface area contributed by atoms with Gasteiger partial charge in [0.15, 0.2) is 0 Å². The van der Waals surface area contributed by atoms with Gasteiger partial charge in [0.05, 0.1) is 17.9 Å². The third-order valence-electron chi connectivity index (χ3n) is 3.67. The molecule has 0 fully saturated rings. The number of fused-ring (bicyclic) bond motifs is 1. The second-order valence-electron chi connectivity index (χ2n) is 5.02. The molecule has 98 valence electrons. The Kier molecular flexibility index (Phi) is 2.84. The molecule has 0 radical (unpaired) electrons. The van der Waals surface area contributed by atoms with Crippen LogP contribution in [0.2, 0.25) is 0 Å². The number of hydrogen-bond acceptors (Lipinski definition) is 3. The minimum atomic E-state index is -1.18. The van der Waals surface area contributed by atoms with Gasteiger partial charge in [-0.2, -0.15) is 0 Å². The fourth-order valence-electron chi connectivity index (χ4n) is 2.62.